The SMILES string of the molecule is CNc1ccn2c(C3CCC3)ncc2c1. The first kappa shape index (κ1) is 8.77. The summed E-state index contributed by atoms with van der Waals surface area (Å²) in [5.41, 5.74) is 2.33. The maximum absolute atomic E-state index is 4.53. The molecule has 2 heterocycles. The fourth-order valence-corrected chi connectivity index (χ4v) is 2.14. The highest BCUT2D eigenvalue weighted by Crippen LogP contribution is 2.35. The summed E-state index contributed by atoms with van der Waals surface area (Å²) in [5, 5.41) is 3.14. The first-order chi connectivity index (χ1) is 7.38. The van der Waals surface area contributed by atoms with Crippen LogP contribution in [0.2, 0.25) is 0 Å². The molecule has 0 unspecified atom stereocenters. The Kier molecular flexibility index (Phi) is 1.91. The van der Waals surface area contributed by atoms with E-state index in [0.29, 0.717) is 5.92 Å². The van der Waals surface area contributed by atoms with E-state index in [1.807, 2.05) is 13.2 Å². The third-order valence-corrected chi connectivity index (χ3v) is 3.32. The summed E-state index contributed by atoms with van der Waals surface area (Å²) >= 11 is 0. The zero-order valence-corrected chi connectivity index (χ0v) is 8.90. The standard InChI is InChI=1S/C12H15N3/c1-13-10-5-6-15-11(7-10)8-14-12(15)9-3-2-4-9/h5-9,13H,2-4H2,1H3. The molecule has 1 fully saturated rings. The van der Waals surface area contributed by atoms with Gasteiger partial charge in [0.15, 0.2) is 0 Å². The normalized spacial score (nSPS) is 16.6. The summed E-state index contributed by atoms with van der Waals surface area (Å²) in [4.78, 5) is 4.53. The molecule has 3 rings (SSSR count). The van der Waals surface area contributed by atoms with Crippen molar-refractivity contribution >= 4 is 11.2 Å². The van der Waals surface area contributed by atoms with Crippen molar-refractivity contribution < 1.29 is 0 Å². The van der Waals surface area contributed by atoms with Crippen LogP contribution in [0.15, 0.2) is 24.5 Å². The van der Waals surface area contributed by atoms with Crippen LogP contribution >= 0.6 is 0 Å². The van der Waals surface area contributed by atoms with Crippen molar-refractivity contribution in [2.24, 2.45) is 0 Å². The summed E-state index contributed by atoms with van der Waals surface area (Å²) in [6, 6.07) is 4.23. The van der Waals surface area contributed by atoms with E-state index in [1.54, 1.807) is 0 Å². The number of pyridine rings is 1. The Morgan fingerprint density at radius 2 is 2.33 bits per heavy atom. The molecule has 0 saturated heterocycles. The van der Waals surface area contributed by atoms with E-state index in [2.05, 4.69) is 33.0 Å². The van der Waals surface area contributed by atoms with Crippen LogP contribution in [0.3, 0.4) is 0 Å². The van der Waals surface area contributed by atoms with Gasteiger partial charge < -0.3 is 9.72 Å². The minimum atomic E-state index is 0.688. The van der Waals surface area contributed by atoms with E-state index in [-0.39, 0.29) is 0 Å². The van der Waals surface area contributed by atoms with Crippen LogP contribution in [0.4, 0.5) is 5.69 Å². The van der Waals surface area contributed by atoms with Crippen molar-refractivity contribution in [2.75, 3.05) is 12.4 Å². The number of hydrogen-bond donors (Lipinski definition) is 1. The molecule has 2 aromatic heterocycles. The molecule has 0 amide bonds. The average molecular weight is 201 g/mol. The molecule has 78 valence electrons. The van der Waals surface area contributed by atoms with Gasteiger partial charge in [-0.2, -0.15) is 0 Å². The van der Waals surface area contributed by atoms with Gasteiger partial charge in [0.1, 0.15) is 5.82 Å². The molecule has 1 aliphatic carbocycles. The number of aromatic nitrogens is 2. The minimum absolute atomic E-state index is 0.688. The van der Waals surface area contributed by atoms with Crippen LogP contribution in [0, 0.1) is 0 Å². The molecule has 0 aromatic carbocycles. The quantitative estimate of drug-likeness (QED) is 0.809. The Balaban J connectivity index is 2.09. The molecule has 0 atom stereocenters. The lowest BCUT2D eigenvalue weighted by atomic mass is 9.85. The Morgan fingerprint density at radius 1 is 1.47 bits per heavy atom. The van der Waals surface area contributed by atoms with Crippen LogP contribution in [0.1, 0.15) is 31.0 Å². The maximum atomic E-state index is 4.53. The number of anilines is 1. The number of nitrogens with zero attached hydrogens (tertiary/aromatic N) is 2. The molecule has 1 saturated carbocycles. The van der Waals surface area contributed by atoms with Gasteiger partial charge in [0.05, 0.1) is 11.7 Å². The molecule has 1 N–H and O–H groups in total. The molecule has 0 bridgehead atoms. The maximum Gasteiger partial charge on any atom is 0.116 e. The van der Waals surface area contributed by atoms with Crippen molar-refractivity contribution in [2.45, 2.75) is 25.2 Å². The second-order valence-electron chi connectivity index (χ2n) is 4.20. The second kappa shape index (κ2) is 3.26. The Bertz CT molecular complexity index is 483. The fourth-order valence-electron chi connectivity index (χ4n) is 2.14. The van der Waals surface area contributed by atoms with Gasteiger partial charge in [-0.3, -0.25) is 0 Å². The monoisotopic (exact) mass is 201 g/mol. The zero-order chi connectivity index (χ0) is 10.3. The van der Waals surface area contributed by atoms with Gasteiger partial charge in [-0.1, -0.05) is 6.42 Å². The third kappa shape index (κ3) is 1.30. The lowest BCUT2D eigenvalue weighted by molar-refractivity contribution is 0.400. The summed E-state index contributed by atoms with van der Waals surface area (Å²) in [7, 11) is 1.94. The summed E-state index contributed by atoms with van der Waals surface area (Å²) in [6.45, 7) is 0. The molecule has 0 aliphatic heterocycles. The number of fused-ring (bicyclic) bond motifs is 1. The highest BCUT2D eigenvalue weighted by Gasteiger charge is 2.23. The highest BCUT2D eigenvalue weighted by molar-refractivity contribution is 5.58. The van der Waals surface area contributed by atoms with Crippen LogP contribution < -0.4 is 5.32 Å². The van der Waals surface area contributed by atoms with E-state index in [4.69, 9.17) is 0 Å². The van der Waals surface area contributed by atoms with Crippen molar-refractivity contribution in [1.29, 1.82) is 0 Å². The van der Waals surface area contributed by atoms with Crippen molar-refractivity contribution in [3.05, 3.63) is 30.4 Å². The molecule has 3 nitrogen and oxygen atoms in total. The predicted molar refractivity (Wildman–Crippen MR) is 61.3 cm³/mol. The van der Waals surface area contributed by atoms with E-state index in [0.717, 1.165) is 5.69 Å². The van der Waals surface area contributed by atoms with E-state index in [1.165, 1.54) is 30.6 Å². The minimum Gasteiger partial charge on any atom is -0.388 e. The zero-order valence-electron chi connectivity index (χ0n) is 8.90. The smallest absolute Gasteiger partial charge is 0.116 e. The Hall–Kier alpha value is -1.51. The van der Waals surface area contributed by atoms with Crippen molar-refractivity contribution in [3.63, 3.8) is 0 Å². The first-order valence-electron chi connectivity index (χ1n) is 5.53. The lowest BCUT2D eigenvalue weighted by Gasteiger charge is -2.24. The summed E-state index contributed by atoms with van der Waals surface area (Å²) in [5.74, 6) is 1.92. The third-order valence-electron chi connectivity index (χ3n) is 3.32. The lowest BCUT2D eigenvalue weighted by Crippen LogP contribution is -2.12. The molecular formula is C12H15N3. The van der Waals surface area contributed by atoms with Gasteiger partial charge in [0, 0.05) is 24.8 Å². The molecular weight excluding hydrogens is 186 g/mol. The Morgan fingerprint density at radius 3 is 3.00 bits per heavy atom. The largest absolute Gasteiger partial charge is 0.388 e. The van der Waals surface area contributed by atoms with Gasteiger partial charge in [0.25, 0.3) is 0 Å². The van der Waals surface area contributed by atoms with Crippen LogP contribution in [-0.2, 0) is 0 Å². The van der Waals surface area contributed by atoms with Crippen LogP contribution in [0.5, 0.6) is 0 Å². The molecule has 15 heavy (non-hydrogen) atoms. The van der Waals surface area contributed by atoms with Crippen LogP contribution in [0.25, 0.3) is 5.52 Å². The number of rotatable bonds is 2. The molecule has 2 aromatic rings. The average Bonchev–Trinajstić information content (AvgIpc) is 2.59. The number of imidazole rings is 1. The Labute approximate surface area is 89.1 Å². The topological polar surface area (TPSA) is 29.3 Å². The van der Waals surface area contributed by atoms with E-state index < -0.39 is 0 Å². The van der Waals surface area contributed by atoms with Gasteiger partial charge in [0.2, 0.25) is 0 Å². The van der Waals surface area contributed by atoms with E-state index in [9.17, 15) is 0 Å². The van der Waals surface area contributed by atoms with Gasteiger partial charge >= 0.3 is 0 Å². The van der Waals surface area contributed by atoms with Gasteiger partial charge in [-0.05, 0) is 25.0 Å². The highest BCUT2D eigenvalue weighted by atomic mass is 15.0. The summed E-state index contributed by atoms with van der Waals surface area (Å²) in [6.07, 6.45) is 8.03. The number of nitrogens with one attached hydrogen (secondary N) is 1. The first-order valence-corrected chi connectivity index (χ1v) is 5.53. The number of hydrogen-bond acceptors (Lipinski definition) is 2. The van der Waals surface area contributed by atoms with Crippen LogP contribution in [-0.4, -0.2) is 16.4 Å². The van der Waals surface area contributed by atoms with Gasteiger partial charge in [-0.15, -0.1) is 0 Å². The molecule has 0 radical (unpaired) electrons. The van der Waals surface area contributed by atoms with Gasteiger partial charge in [-0.25, -0.2) is 4.98 Å². The fraction of sp³-hybridized carbons (Fsp3) is 0.417. The van der Waals surface area contributed by atoms with Crippen molar-refractivity contribution in [1.82, 2.24) is 9.38 Å². The second-order valence-corrected chi connectivity index (χ2v) is 4.20. The molecule has 0 spiro atoms. The van der Waals surface area contributed by atoms with E-state index >= 15 is 0 Å². The van der Waals surface area contributed by atoms with Crippen molar-refractivity contribution in [3.8, 4) is 0 Å². The summed E-state index contributed by atoms with van der Waals surface area (Å²) < 4.78 is 2.21. The molecule has 3 heteroatoms. The molecule has 1 aliphatic rings. The predicted octanol–water partition coefficient (Wildman–Crippen LogP) is 2.64.